The molecule has 2 aromatic rings. The summed E-state index contributed by atoms with van der Waals surface area (Å²) in [6.07, 6.45) is 4.71. The summed E-state index contributed by atoms with van der Waals surface area (Å²) in [5, 5.41) is 1.23. The van der Waals surface area contributed by atoms with E-state index in [1.165, 1.54) is 12.3 Å². The van der Waals surface area contributed by atoms with Crippen molar-refractivity contribution in [2.75, 3.05) is 6.61 Å². The number of sulfonamides is 1. The maximum absolute atomic E-state index is 12.5. The number of hydrogen-bond acceptors (Lipinski definition) is 5. The first-order chi connectivity index (χ1) is 10.6. The molecular weight excluding hydrogens is 304 g/mol. The Labute approximate surface area is 128 Å². The number of aromatic nitrogens is 1. The van der Waals surface area contributed by atoms with Gasteiger partial charge in [-0.2, -0.15) is 0 Å². The van der Waals surface area contributed by atoms with Crippen LogP contribution < -0.4 is 4.72 Å². The maximum Gasteiger partial charge on any atom is 0.264 e. The molecule has 1 amide bonds. The second-order valence-corrected chi connectivity index (χ2v) is 6.83. The van der Waals surface area contributed by atoms with Crippen LogP contribution in [0.4, 0.5) is 0 Å². The molecule has 1 N–H and O–H groups in total. The maximum atomic E-state index is 12.5. The van der Waals surface area contributed by atoms with Gasteiger partial charge in [0.15, 0.2) is 0 Å². The van der Waals surface area contributed by atoms with Crippen LogP contribution in [0, 0.1) is 0 Å². The van der Waals surface area contributed by atoms with Crippen LogP contribution >= 0.6 is 0 Å². The Morgan fingerprint density at radius 3 is 2.91 bits per heavy atom. The number of ether oxygens (including phenoxy) is 1. The molecule has 0 radical (unpaired) electrons. The topological polar surface area (TPSA) is 85.4 Å². The molecule has 116 valence electrons. The van der Waals surface area contributed by atoms with Crippen LogP contribution in [-0.2, 0) is 19.6 Å². The average molecular weight is 320 g/mol. The van der Waals surface area contributed by atoms with E-state index in [1.807, 2.05) is 0 Å². The van der Waals surface area contributed by atoms with Crippen LogP contribution in [0.1, 0.15) is 19.3 Å². The third-order valence-electron chi connectivity index (χ3n) is 3.64. The third kappa shape index (κ3) is 2.95. The smallest absolute Gasteiger partial charge is 0.264 e. The number of hydrogen-bond donors (Lipinski definition) is 1. The SMILES string of the molecule is O=C(NS(=O)(=O)c1cccc2cnccc12)C1CCCCO1. The largest absolute Gasteiger partial charge is 0.368 e. The van der Waals surface area contributed by atoms with E-state index in [0.29, 0.717) is 23.8 Å². The second-order valence-electron chi connectivity index (χ2n) is 5.18. The van der Waals surface area contributed by atoms with Crippen molar-refractivity contribution in [3.63, 3.8) is 0 Å². The van der Waals surface area contributed by atoms with Crippen molar-refractivity contribution in [2.45, 2.75) is 30.3 Å². The van der Waals surface area contributed by atoms with Gasteiger partial charge in [0, 0.05) is 29.8 Å². The van der Waals surface area contributed by atoms with E-state index in [4.69, 9.17) is 4.74 Å². The van der Waals surface area contributed by atoms with Crippen molar-refractivity contribution < 1.29 is 17.9 Å². The van der Waals surface area contributed by atoms with Gasteiger partial charge in [-0.1, -0.05) is 12.1 Å². The third-order valence-corrected chi connectivity index (χ3v) is 5.04. The quantitative estimate of drug-likeness (QED) is 0.928. The predicted molar refractivity (Wildman–Crippen MR) is 80.7 cm³/mol. The number of carbonyl (C=O) groups excluding carboxylic acids is 1. The van der Waals surface area contributed by atoms with Gasteiger partial charge in [-0.15, -0.1) is 0 Å². The van der Waals surface area contributed by atoms with Gasteiger partial charge < -0.3 is 4.74 Å². The number of pyridine rings is 1. The minimum Gasteiger partial charge on any atom is -0.368 e. The molecule has 0 saturated carbocycles. The fourth-order valence-electron chi connectivity index (χ4n) is 2.53. The van der Waals surface area contributed by atoms with Crippen LogP contribution in [0.3, 0.4) is 0 Å². The van der Waals surface area contributed by atoms with E-state index in [0.717, 1.165) is 12.8 Å². The molecule has 1 aliphatic rings. The number of carbonyl (C=O) groups is 1. The fraction of sp³-hybridized carbons (Fsp3) is 0.333. The monoisotopic (exact) mass is 320 g/mol. The zero-order valence-electron chi connectivity index (χ0n) is 11.9. The lowest BCUT2D eigenvalue weighted by Gasteiger charge is -2.21. The van der Waals surface area contributed by atoms with Crippen molar-refractivity contribution in [2.24, 2.45) is 0 Å². The van der Waals surface area contributed by atoms with Crippen molar-refractivity contribution in [3.05, 3.63) is 36.7 Å². The van der Waals surface area contributed by atoms with E-state index >= 15 is 0 Å². The standard InChI is InChI=1S/C15H16N2O4S/c18-15(13-5-1-2-9-21-13)17-22(19,20)14-6-3-4-11-10-16-8-7-12(11)14/h3-4,6-8,10,13H,1-2,5,9H2,(H,17,18). The van der Waals surface area contributed by atoms with Gasteiger partial charge in [0.25, 0.3) is 15.9 Å². The molecule has 0 bridgehead atoms. The molecule has 0 spiro atoms. The Morgan fingerprint density at radius 2 is 2.14 bits per heavy atom. The average Bonchev–Trinajstić information content (AvgIpc) is 2.54. The van der Waals surface area contributed by atoms with Gasteiger partial charge in [-0.05, 0) is 31.4 Å². The number of nitrogens with zero attached hydrogens (tertiary/aromatic N) is 1. The molecule has 2 heterocycles. The number of nitrogens with one attached hydrogen (secondary N) is 1. The lowest BCUT2D eigenvalue weighted by Crippen LogP contribution is -2.41. The molecule has 1 aromatic heterocycles. The van der Waals surface area contributed by atoms with E-state index < -0.39 is 22.0 Å². The molecule has 1 fully saturated rings. The lowest BCUT2D eigenvalue weighted by molar-refractivity contribution is -0.133. The van der Waals surface area contributed by atoms with Gasteiger partial charge in [0.05, 0.1) is 4.90 Å². The summed E-state index contributed by atoms with van der Waals surface area (Å²) in [6.45, 7) is 0.484. The Bertz CT molecular complexity index is 793. The van der Waals surface area contributed by atoms with Gasteiger partial charge in [0.1, 0.15) is 6.10 Å². The summed E-state index contributed by atoms with van der Waals surface area (Å²) in [6, 6.07) is 6.48. The molecule has 6 nitrogen and oxygen atoms in total. The molecule has 3 rings (SSSR count). The van der Waals surface area contributed by atoms with Crippen molar-refractivity contribution in [1.82, 2.24) is 9.71 Å². The zero-order chi connectivity index (χ0) is 15.6. The molecule has 7 heteroatoms. The first-order valence-corrected chi connectivity index (χ1v) is 8.57. The molecule has 1 unspecified atom stereocenters. The highest BCUT2D eigenvalue weighted by Crippen LogP contribution is 2.22. The second kappa shape index (κ2) is 6.02. The Morgan fingerprint density at radius 1 is 1.27 bits per heavy atom. The summed E-state index contributed by atoms with van der Waals surface area (Å²) in [5.41, 5.74) is 0. The van der Waals surface area contributed by atoms with Crippen molar-refractivity contribution in [1.29, 1.82) is 0 Å². The lowest BCUT2D eigenvalue weighted by atomic mass is 10.1. The number of fused-ring (bicyclic) bond motifs is 1. The van der Waals surface area contributed by atoms with Gasteiger partial charge in [-0.3, -0.25) is 9.78 Å². The van der Waals surface area contributed by atoms with E-state index in [2.05, 4.69) is 9.71 Å². The highest BCUT2D eigenvalue weighted by Gasteiger charge is 2.27. The van der Waals surface area contributed by atoms with Crippen LogP contribution in [0.15, 0.2) is 41.6 Å². The molecule has 22 heavy (non-hydrogen) atoms. The first kappa shape index (κ1) is 14.9. The molecule has 1 aromatic carbocycles. The van der Waals surface area contributed by atoms with Gasteiger partial charge in [-0.25, -0.2) is 13.1 Å². The summed E-state index contributed by atoms with van der Waals surface area (Å²) in [5.74, 6) is -0.606. The zero-order valence-corrected chi connectivity index (χ0v) is 12.7. The fourth-order valence-corrected chi connectivity index (χ4v) is 3.77. The molecule has 1 saturated heterocycles. The summed E-state index contributed by atoms with van der Waals surface area (Å²) in [7, 11) is -3.94. The van der Waals surface area contributed by atoms with Gasteiger partial charge >= 0.3 is 0 Å². The normalized spacial score (nSPS) is 19.0. The predicted octanol–water partition coefficient (Wildman–Crippen LogP) is 1.61. The number of benzene rings is 1. The molecule has 1 atom stereocenters. The highest BCUT2D eigenvalue weighted by molar-refractivity contribution is 7.90. The van der Waals surface area contributed by atoms with Crippen LogP contribution in [0.5, 0.6) is 0 Å². The van der Waals surface area contributed by atoms with Crippen molar-refractivity contribution in [3.8, 4) is 0 Å². The minimum absolute atomic E-state index is 0.0663. The van der Waals surface area contributed by atoms with Crippen LogP contribution in [0.2, 0.25) is 0 Å². The van der Waals surface area contributed by atoms with E-state index in [1.54, 1.807) is 24.4 Å². The Balaban J connectivity index is 1.90. The number of amides is 1. The van der Waals surface area contributed by atoms with Crippen LogP contribution in [0.25, 0.3) is 10.8 Å². The minimum atomic E-state index is -3.94. The van der Waals surface area contributed by atoms with Crippen molar-refractivity contribution >= 4 is 26.7 Å². The first-order valence-electron chi connectivity index (χ1n) is 7.09. The summed E-state index contributed by atoms with van der Waals surface area (Å²) in [4.78, 5) is 16.1. The van der Waals surface area contributed by atoms with E-state index in [9.17, 15) is 13.2 Å². The van der Waals surface area contributed by atoms with E-state index in [-0.39, 0.29) is 4.90 Å². The highest BCUT2D eigenvalue weighted by atomic mass is 32.2. The molecular formula is C15H16N2O4S. The summed E-state index contributed by atoms with van der Waals surface area (Å²) >= 11 is 0. The summed E-state index contributed by atoms with van der Waals surface area (Å²) < 4.78 is 32.4. The van der Waals surface area contributed by atoms with Gasteiger partial charge in [0.2, 0.25) is 0 Å². The number of rotatable bonds is 3. The Hall–Kier alpha value is -1.99. The van der Waals surface area contributed by atoms with Crippen LogP contribution in [-0.4, -0.2) is 32.0 Å². The molecule has 0 aliphatic carbocycles. The Kier molecular flexibility index (Phi) is 4.08. The molecule has 1 aliphatic heterocycles.